The Morgan fingerprint density at radius 3 is 2.82 bits per heavy atom. The van der Waals surface area contributed by atoms with Crippen molar-refractivity contribution in [2.75, 3.05) is 0 Å². The van der Waals surface area contributed by atoms with E-state index in [1.807, 2.05) is 42.5 Å². The summed E-state index contributed by atoms with van der Waals surface area (Å²) in [4.78, 5) is 18.3. The number of nitrogens with zero attached hydrogens (tertiary/aromatic N) is 3. The van der Waals surface area contributed by atoms with Gasteiger partial charge in [-0.3, -0.25) is 0 Å². The summed E-state index contributed by atoms with van der Waals surface area (Å²) in [6.07, 6.45) is 5.83. The number of benzene rings is 1. The molecule has 140 valence electrons. The number of thiazole rings is 1. The Morgan fingerprint density at radius 1 is 1.25 bits per heavy atom. The molecule has 0 aliphatic carbocycles. The van der Waals surface area contributed by atoms with Crippen LogP contribution in [0.3, 0.4) is 0 Å². The van der Waals surface area contributed by atoms with Gasteiger partial charge in [-0.2, -0.15) is 4.40 Å². The molecule has 1 aliphatic rings. The minimum absolute atomic E-state index is 0.0445. The summed E-state index contributed by atoms with van der Waals surface area (Å²) in [5.41, 5.74) is 2.31. The molecule has 4 heterocycles. The van der Waals surface area contributed by atoms with Gasteiger partial charge < -0.3 is 5.11 Å². The zero-order valence-corrected chi connectivity index (χ0v) is 16.4. The van der Waals surface area contributed by atoms with Gasteiger partial charge in [-0.25, -0.2) is 14.3 Å². The maximum atomic E-state index is 13.5. The Hall–Kier alpha value is -2.70. The Kier molecular flexibility index (Phi) is 4.18. The summed E-state index contributed by atoms with van der Waals surface area (Å²) in [6.45, 7) is 0. The zero-order chi connectivity index (χ0) is 19.3. The fourth-order valence-electron chi connectivity index (χ4n) is 4.05. The normalized spacial score (nSPS) is 15.8. The molecular weight excluding hydrogens is 394 g/mol. The van der Waals surface area contributed by atoms with Gasteiger partial charge in [0.2, 0.25) is 0 Å². The Bertz CT molecular complexity index is 1250. The highest BCUT2D eigenvalue weighted by Crippen LogP contribution is 2.30. The molecule has 0 N–H and O–H groups in total. The molecule has 0 saturated heterocycles. The zero-order valence-electron chi connectivity index (χ0n) is 14.8. The summed E-state index contributed by atoms with van der Waals surface area (Å²) < 4.78 is 3.92. The number of pyridine rings is 1. The molecule has 0 spiro atoms. The molecular formula is C21H16ClN3O2S. The third-order valence-corrected chi connectivity index (χ3v) is 6.42. The number of hydrogen-bond donors (Lipinski definition) is 0. The van der Waals surface area contributed by atoms with Gasteiger partial charge in [0.25, 0.3) is 5.65 Å². The standard InChI is InChI=1S/C21H16ClN3O2S/c22-21-23-12-16(28-21)11-15-9-8-14-7-4-10-24-18(14)25(15)20(27)17(19(24)26)13-5-2-1-3-6-13/h1-7,10,12,15H,8-9,11H2. The lowest BCUT2D eigenvalue weighted by atomic mass is 9.97. The Labute approximate surface area is 170 Å². The van der Waals surface area contributed by atoms with Crippen LogP contribution in [-0.4, -0.2) is 9.38 Å². The lowest BCUT2D eigenvalue weighted by Gasteiger charge is -2.27. The van der Waals surface area contributed by atoms with Crippen LogP contribution >= 0.6 is 22.9 Å². The molecule has 0 saturated carbocycles. The van der Waals surface area contributed by atoms with E-state index in [9.17, 15) is 9.90 Å². The molecule has 28 heavy (non-hydrogen) atoms. The van der Waals surface area contributed by atoms with Crippen molar-refractivity contribution < 1.29 is 9.67 Å². The molecule has 1 atom stereocenters. The summed E-state index contributed by atoms with van der Waals surface area (Å²) in [7, 11) is 0. The third kappa shape index (κ3) is 2.72. The SMILES string of the molecule is O=c1c(-c2ccccc2)c([O-])[n+]2c3c(cccn13)CCC2Cc1cnc(Cl)s1. The smallest absolute Gasteiger partial charge is 0.349 e. The van der Waals surface area contributed by atoms with E-state index in [2.05, 4.69) is 4.98 Å². The molecule has 7 heteroatoms. The number of halogens is 1. The van der Waals surface area contributed by atoms with Gasteiger partial charge in [0, 0.05) is 23.1 Å². The molecule has 1 aromatic carbocycles. The predicted molar refractivity (Wildman–Crippen MR) is 107 cm³/mol. The maximum absolute atomic E-state index is 13.5. The fraction of sp³-hybridized carbons (Fsp3) is 0.190. The number of aryl methyl sites for hydroxylation is 1. The molecule has 1 aliphatic heterocycles. The lowest BCUT2D eigenvalue weighted by molar-refractivity contribution is -0.741. The third-order valence-electron chi connectivity index (χ3n) is 5.28. The van der Waals surface area contributed by atoms with E-state index >= 15 is 0 Å². The van der Waals surface area contributed by atoms with Gasteiger partial charge in [-0.15, -0.1) is 11.3 Å². The van der Waals surface area contributed by atoms with Crippen molar-refractivity contribution in [3.05, 3.63) is 80.1 Å². The average Bonchev–Trinajstić information content (AvgIpc) is 3.12. The molecule has 5 nitrogen and oxygen atoms in total. The van der Waals surface area contributed by atoms with Crippen LogP contribution in [0.2, 0.25) is 4.47 Å². The highest BCUT2D eigenvalue weighted by Gasteiger charge is 2.31. The van der Waals surface area contributed by atoms with Crippen LogP contribution in [0, 0.1) is 0 Å². The van der Waals surface area contributed by atoms with Crippen molar-refractivity contribution in [1.82, 2.24) is 9.38 Å². The van der Waals surface area contributed by atoms with E-state index in [0.717, 1.165) is 23.3 Å². The number of hydrogen-bond acceptors (Lipinski definition) is 4. The van der Waals surface area contributed by atoms with Gasteiger partial charge in [0.1, 0.15) is 11.6 Å². The fourth-order valence-corrected chi connectivity index (χ4v) is 5.10. The van der Waals surface area contributed by atoms with E-state index in [1.54, 1.807) is 21.4 Å². The van der Waals surface area contributed by atoms with Crippen molar-refractivity contribution in [1.29, 1.82) is 0 Å². The van der Waals surface area contributed by atoms with E-state index in [1.165, 1.54) is 11.3 Å². The molecule has 3 aromatic heterocycles. The van der Waals surface area contributed by atoms with Crippen molar-refractivity contribution >= 4 is 28.6 Å². The highest BCUT2D eigenvalue weighted by atomic mass is 35.5. The molecule has 4 aromatic rings. The topological polar surface area (TPSA) is 61.3 Å². The number of aromatic nitrogens is 3. The molecule has 0 bridgehead atoms. The first kappa shape index (κ1) is 17.4. The first-order valence-corrected chi connectivity index (χ1v) is 10.3. The molecule has 5 rings (SSSR count). The maximum Gasteiger partial charge on any atom is 0.349 e. The lowest BCUT2D eigenvalue weighted by Crippen LogP contribution is -2.50. The van der Waals surface area contributed by atoms with Crippen molar-refractivity contribution in [3.63, 3.8) is 0 Å². The van der Waals surface area contributed by atoms with E-state index in [4.69, 9.17) is 11.6 Å². The second-order valence-corrected chi connectivity index (χ2v) is 8.62. The Balaban J connectivity index is 1.78. The summed E-state index contributed by atoms with van der Waals surface area (Å²) in [6, 6.07) is 13.0. The van der Waals surface area contributed by atoms with Crippen LogP contribution in [0.1, 0.15) is 22.9 Å². The van der Waals surface area contributed by atoms with Crippen LogP contribution in [-0.2, 0) is 12.8 Å². The summed E-state index contributed by atoms with van der Waals surface area (Å²) >= 11 is 7.42. The van der Waals surface area contributed by atoms with E-state index in [0.29, 0.717) is 22.1 Å². The van der Waals surface area contributed by atoms with Gasteiger partial charge >= 0.3 is 5.56 Å². The average molecular weight is 410 g/mol. The minimum Gasteiger partial charge on any atom is -0.842 e. The van der Waals surface area contributed by atoms with Gasteiger partial charge in [-0.05, 0) is 30.5 Å². The second kappa shape index (κ2) is 6.72. The van der Waals surface area contributed by atoms with Crippen LogP contribution in [0.5, 0.6) is 5.88 Å². The van der Waals surface area contributed by atoms with Crippen molar-refractivity contribution in [3.8, 4) is 17.0 Å². The molecule has 0 radical (unpaired) electrons. The first-order chi connectivity index (χ1) is 13.6. The largest absolute Gasteiger partial charge is 0.842 e. The highest BCUT2D eigenvalue weighted by molar-refractivity contribution is 7.15. The second-order valence-electron chi connectivity index (χ2n) is 6.92. The minimum atomic E-state index is -0.272. The van der Waals surface area contributed by atoms with E-state index in [-0.39, 0.29) is 23.0 Å². The quantitative estimate of drug-likeness (QED) is 0.488. The molecule has 0 amide bonds. The summed E-state index contributed by atoms with van der Waals surface area (Å²) in [5.74, 6) is -0.232. The van der Waals surface area contributed by atoms with Gasteiger partial charge in [0.15, 0.2) is 4.47 Å². The summed E-state index contributed by atoms with van der Waals surface area (Å²) in [5, 5.41) is 13.5. The van der Waals surface area contributed by atoms with Crippen molar-refractivity contribution in [2.24, 2.45) is 0 Å². The van der Waals surface area contributed by atoms with Crippen LogP contribution in [0.15, 0.2) is 59.7 Å². The monoisotopic (exact) mass is 409 g/mol. The van der Waals surface area contributed by atoms with Crippen LogP contribution in [0.4, 0.5) is 0 Å². The van der Waals surface area contributed by atoms with Crippen molar-refractivity contribution in [2.45, 2.75) is 25.3 Å². The van der Waals surface area contributed by atoms with Crippen LogP contribution in [0.25, 0.3) is 16.8 Å². The van der Waals surface area contributed by atoms with Gasteiger partial charge in [-0.1, -0.05) is 41.9 Å². The van der Waals surface area contributed by atoms with E-state index < -0.39 is 0 Å². The van der Waals surface area contributed by atoms with Gasteiger partial charge in [0.05, 0.1) is 12.1 Å². The molecule has 1 unspecified atom stereocenters. The van der Waals surface area contributed by atoms with Crippen LogP contribution < -0.4 is 15.2 Å². The predicted octanol–water partition coefficient (Wildman–Crippen LogP) is 3.17. The number of rotatable bonds is 3. The molecule has 0 fully saturated rings. The Morgan fingerprint density at radius 2 is 2.07 bits per heavy atom. The first-order valence-electron chi connectivity index (χ1n) is 9.08.